The molecule has 0 atom stereocenters. The monoisotopic (exact) mass is 396 g/mol. The number of hydrogen-bond donors (Lipinski definition) is 1. The van der Waals surface area contributed by atoms with Gasteiger partial charge in [0, 0.05) is 23.7 Å². The van der Waals surface area contributed by atoms with Crippen LogP contribution in [0.1, 0.15) is 17.3 Å². The lowest BCUT2D eigenvalue weighted by Gasteiger charge is -2.19. The number of ether oxygens (including phenoxy) is 1. The number of likely N-dealkylation sites (N-methyl/N-ethyl adjacent to an activating group) is 1. The third kappa shape index (κ3) is 4.80. The molecule has 1 heterocycles. The topological polar surface area (TPSA) is 58.6 Å². The summed E-state index contributed by atoms with van der Waals surface area (Å²) in [4.78, 5) is 26.1. The van der Waals surface area contributed by atoms with E-state index in [1.54, 1.807) is 42.8 Å². The molecule has 1 aromatic heterocycles. The SMILES string of the molecule is CCN(CC(=O)Nc1cccc(OC)c1)C(=O)c1csc(Br)c1. The highest BCUT2D eigenvalue weighted by molar-refractivity contribution is 9.11. The van der Waals surface area contributed by atoms with Crippen molar-refractivity contribution in [1.29, 1.82) is 0 Å². The third-order valence-electron chi connectivity index (χ3n) is 3.17. The van der Waals surface area contributed by atoms with E-state index in [0.717, 1.165) is 3.79 Å². The first-order valence-corrected chi connectivity index (χ1v) is 8.68. The lowest BCUT2D eigenvalue weighted by atomic mass is 10.2. The number of methoxy groups -OCH3 is 1. The average Bonchev–Trinajstić information content (AvgIpc) is 2.98. The molecule has 23 heavy (non-hydrogen) atoms. The summed E-state index contributed by atoms with van der Waals surface area (Å²) in [6.07, 6.45) is 0. The number of hydrogen-bond acceptors (Lipinski definition) is 4. The summed E-state index contributed by atoms with van der Waals surface area (Å²) in [6.45, 7) is 2.30. The lowest BCUT2D eigenvalue weighted by Crippen LogP contribution is -2.37. The van der Waals surface area contributed by atoms with Crippen molar-refractivity contribution in [2.24, 2.45) is 0 Å². The zero-order valence-electron chi connectivity index (χ0n) is 12.8. The van der Waals surface area contributed by atoms with Crippen molar-refractivity contribution in [3.63, 3.8) is 0 Å². The van der Waals surface area contributed by atoms with Crippen LogP contribution in [0, 0.1) is 0 Å². The Hall–Kier alpha value is -1.86. The average molecular weight is 397 g/mol. The fraction of sp³-hybridized carbons (Fsp3) is 0.250. The first-order chi connectivity index (χ1) is 11.0. The van der Waals surface area contributed by atoms with Gasteiger partial charge in [0.2, 0.25) is 5.91 Å². The van der Waals surface area contributed by atoms with Gasteiger partial charge >= 0.3 is 0 Å². The van der Waals surface area contributed by atoms with Gasteiger partial charge in [-0.3, -0.25) is 9.59 Å². The van der Waals surface area contributed by atoms with Crippen LogP contribution in [-0.4, -0.2) is 36.9 Å². The van der Waals surface area contributed by atoms with Crippen LogP contribution in [0.4, 0.5) is 5.69 Å². The molecular formula is C16H17BrN2O3S. The van der Waals surface area contributed by atoms with Crippen LogP contribution < -0.4 is 10.1 Å². The van der Waals surface area contributed by atoms with Crippen LogP contribution in [0.2, 0.25) is 0 Å². The lowest BCUT2D eigenvalue weighted by molar-refractivity contribution is -0.116. The number of benzene rings is 1. The maximum absolute atomic E-state index is 12.4. The predicted octanol–water partition coefficient (Wildman–Crippen LogP) is 3.62. The molecule has 5 nitrogen and oxygen atoms in total. The Labute approximate surface area is 147 Å². The minimum absolute atomic E-state index is 0.00000874. The van der Waals surface area contributed by atoms with E-state index < -0.39 is 0 Å². The van der Waals surface area contributed by atoms with Crippen molar-refractivity contribution in [3.05, 3.63) is 45.1 Å². The van der Waals surface area contributed by atoms with Gasteiger partial charge in [-0.2, -0.15) is 0 Å². The molecule has 0 spiro atoms. The van der Waals surface area contributed by atoms with Gasteiger partial charge in [0.05, 0.1) is 16.5 Å². The summed E-state index contributed by atoms with van der Waals surface area (Å²) in [5, 5.41) is 4.55. The molecule has 122 valence electrons. The fourth-order valence-electron chi connectivity index (χ4n) is 2.01. The van der Waals surface area contributed by atoms with Crippen LogP contribution in [0.3, 0.4) is 0 Å². The Kier molecular flexibility index (Phi) is 6.18. The number of rotatable bonds is 6. The number of nitrogens with one attached hydrogen (secondary N) is 1. The van der Waals surface area contributed by atoms with Crippen molar-refractivity contribution in [2.45, 2.75) is 6.92 Å². The number of nitrogens with zero attached hydrogens (tertiary/aromatic N) is 1. The minimum Gasteiger partial charge on any atom is -0.497 e. The second kappa shape index (κ2) is 8.12. The summed E-state index contributed by atoms with van der Waals surface area (Å²) in [6, 6.07) is 8.85. The van der Waals surface area contributed by atoms with E-state index in [1.807, 2.05) is 6.92 Å². The van der Waals surface area contributed by atoms with E-state index in [-0.39, 0.29) is 18.4 Å². The first kappa shape index (κ1) is 17.5. The van der Waals surface area contributed by atoms with Crippen LogP contribution >= 0.6 is 27.3 Å². The largest absolute Gasteiger partial charge is 0.497 e. The highest BCUT2D eigenvalue weighted by Gasteiger charge is 2.18. The molecule has 2 rings (SSSR count). The van der Waals surface area contributed by atoms with E-state index in [4.69, 9.17) is 4.74 Å². The fourth-order valence-corrected chi connectivity index (χ4v) is 3.14. The van der Waals surface area contributed by atoms with E-state index in [9.17, 15) is 9.59 Å². The van der Waals surface area contributed by atoms with Crippen molar-refractivity contribution in [3.8, 4) is 5.75 Å². The number of amides is 2. The van der Waals surface area contributed by atoms with Crippen molar-refractivity contribution >= 4 is 44.8 Å². The van der Waals surface area contributed by atoms with Gasteiger partial charge in [0.15, 0.2) is 0 Å². The molecule has 0 unspecified atom stereocenters. The van der Waals surface area contributed by atoms with E-state index >= 15 is 0 Å². The molecular weight excluding hydrogens is 380 g/mol. The highest BCUT2D eigenvalue weighted by atomic mass is 79.9. The molecule has 0 bridgehead atoms. The number of carbonyl (C=O) groups excluding carboxylic acids is 2. The van der Waals surface area contributed by atoms with Crippen LogP contribution in [-0.2, 0) is 4.79 Å². The van der Waals surface area contributed by atoms with E-state index in [1.165, 1.54) is 16.2 Å². The Bertz CT molecular complexity index is 702. The molecule has 2 amide bonds. The Balaban J connectivity index is 2.00. The minimum atomic E-state index is -0.247. The Morgan fingerprint density at radius 3 is 2.74 bits per heavy atom. The summed E-state index contributed by atoms with van der Waals surface area (Å²) < 4.78 is 6.00. The zero-order chi connectivity index (χ0) is 16.8. The molecule has 2 aromatic rings. The highest BCUT2D eigenvalue weighted by Crippen LogP contribution is 2.22. The van der Waals surface area contributed by atoms with Gasteiger partial charge < -0.3 is 15.0 Å². The summed E-state index contributed by atoms with van der Waals surface area (Å²) in [7, 11) is 1.57. The van der Waals surface area contributed by atoms with E-state index in [2.05, 4.69) is 21.2 Å². The van der Waals surface area contributed by atoms with Gasteiger partial charge in [-0.15, -0.1) is 11.3 Å². The number of halogens is 1. The van der Waals surface area contributed by atoms with E-state index in [0.29, 0.717) is 23.5 Å². The van der Waals surface area contributed by atoms with Gasteiger partial charge in [-0.05, 0) is 41.1 Å². The summed E-state index contributed by atoms with van der Waals surface area (Å²) in [5.74, 6) is 0.257. The number of anilines is 1. The van der Waals surface area contributed by atoms with Crippen LogP contribution in [0.5, 0.6) is 5.75 Å². The molecule has 0 aliphatic rings. The van der Waals surface area contributed by atoms with Gasteiger partial charge in [0.25, 0.3) is 5.91 Å². The zero-order valence-corrected chi connectivity index (χ0v) is 15.2. The molecule has 0 fully saturated rings. The standard InChI is InChI=1S/C16H17BrN2O3S/c1-3-19(16(21)11-7-14(17)23-10-11)9-15(20)18-12-5-4-6-13(8-12)22-2/h4-8,10H,3,9H2,1-2H3,(H,18,20). The van der Waals surface area contributed by atoms with Crippen LogP contribution in [0.25, 0.3) is 0 Å². The molecule has 0 saturated carbocycles. The third-order valence-corrected chi connectivity index (χ3v) is 4.68. The maximum atomic E-state index is 12.4. The summed E-state index contributed by atoms with van der Waals surface area (Å²) >= 11 is 4.78. The smallest absolute Gasteiger partial charge is 0.255 e. The Morgan fingerprint density at radius 1 is 1.35 bits per heavy atom. The molecule has 0 aliphatic heterocycles. The van der Waals surface area contributed by atoms with Crippen molar-refractivity contribution in [1.82, 2.24) is 4.90 Å². The molecule has 1 aromatic carbocycles. The van der Waals surface area contributed by atoms with Crippen LogP contribution in [0.15, 0.2) is 39.5 Å². The molecule has 0 radical (unpaired) electrons. The number of carbonyl (C=O) groups is 2. The van der Waals surface area contributed by atoms with Crippen molar-refractivity contribution < 1.29 is 14.3 Å². The number of thiophene rings is 1. The van der Waals surface area contributed by atoms with Gasteiger partial charge in [-0.25, -0.2) is 0 Å². The first-order valence-electron chi connectivity index (χ1n) is 7.00. The quantitative estimate of drug-likeness (QED) is 0.810. The normalized spacial score (nSPS) is 10.2. The Morgan fingerprint density at radius 2 is 2.13 bits per heavy atom. The van der Waals surface area contributed by atoms with Crippen molar-refractivity contribution in [2.75, 3.05) is 25.5 Å². The second-order valence-electron chi connectivity index (χ2n) is 4.74. The van der Waals surface area contributed by atoms with Gasteiger partial charge in [0.1, 0.15) is 12.3 Å². The second-order valence-corrected chi connectivity index (χ2v) is 7.03. The maximum Gasteiger partial charge on any atom is 0.255 e. The van der Waals surface area contributed by atoms with Gasteiger partial charge in [-0.1, -0.05) is 6.07 Å². The molecule has 0 aliphatic carbocycles. The molecule has 0 saturated heterocycles. The predicted molar refractivity (Wildman–Crippen MR) is 95.2 cm³/mol. The molecule has 7 heteroatoms. The summed E-state index contributed by atoms with van der Waals surface area (Å²) in [5.41, 5.74) is 1.22. The molecule has 1 N–H and O–H groups in total.